The van der Waals surface area contributed by atoms with Crippen molar-refractivity contribution in [3.63, 3.8) is 0 Å². The molecule has 28 heavy (non-hydrogen) atoms. The summed E-state index contributed by atoms with van der Waals surface area (Å²) >= 11 is 0. The molecule has 1 aromatic heterocycles. The van der Waals surface area contributed by atoms with Gasteiger partial charge < -0.3 is 4.90 Å². The number of rotatable bonds is 5. The largest absolute Gasteiger partial charge is 0.340 e. The molecule has 2 heterocycles. The Bertz CT molecular complexity index is 925. The molecular formula is C19H27N5O3S. The van der Waals surface area contributed by atoms with E-state index in [0.29, 0.717) is 37.6 Å². The smallest absolute Gasteiger partial charge is 0.243 e. The predicted octanol–water partition coefficient (Wildman–Crippen LogP) is 1.37. The number of carbonyl (C=O) groups excluding carboxylic acids is 1. The molecule has 1 amide bonds. The van der Waals surface area contributed by atoms with Crippen LogP contribution >= 0.6 is 0 Å². The molecule has 2 aromatic rings. The molecule has 1 saturated heterocycles. The van der Waals surface area contributed by atoms with Crippen molar-refractivity contribution < 1.29 is 13.2 Å². The van der Waals surface area contributed by atoms with Gasteiger partial charge in [-0.3, -0.25) is 9.48 Å². The molecule has 1 fully saturated rings. The SMILES string of the molecule is Cc1cc(C)c(S(=O)(=O)N2CCN(C(=O)[C@@H](C)Cn3cncn3)CC2)c(C)c1. The lowest BCUT2D eigenvalue weighted by atomic mass is 10.1. The number of amides is 1. The summed E-state index contributed by atoms with van der Waals surface area (Å²) in [4.78, 5) is 18.7. The van der Waals surface area contributed by atoms with Crippen LogP contribution in [-0.4, -0.2) is 64.5 Å². The third-order valence-electron chi connectivity index (χ3n) is 5.10. The average Bonchev–Trinajstić information content (AvgIpc) is 3.13. The molecule has 9 heteroatoms. The van der Waals surface area contributed by atoms with Crippen LogP contribution in [0.15, 0.2) is 29.7 Å². The van der Waals surface area contributed by atoms with Gasteiger partial charge in [0, 0.05) is 26.2 Å². The maximum Gasteiger partial charge on any atom is 0.243 e. The van der Waals surface area contributed by atoms with Crippen LogP contribution in [0.5, 0.6) is 0 Å². The second-order valence-electron chi connectivity index (χ2n) is 7.48. The highest BCUT2D eigenvalue weighted by atomic mass is 32.2. The van der Waals surface area contributed by atoms with Gasteiger partial charge in [-0.2, -0.15) is 9.40 Å². The molecule has 1 aliphatic heterocycles. The van der Waals surface area contributed by atoms with Gasteiger partial charge in [0.15, 0.2) is 0 Å². The van der Waals surface area contributed by atoms with E-state index in [1.165, 1.54) is 10.6 Å². The topological polar surface area (TPSA) is 88.4 Å². The Morgan fingerprint density at radius 1 is 1.11 bits per heavy atom. The van der Waals surface area contributed by atoms with Crippen LogP contribution in [0.3, 0.4) is 0 Å². The third kappa shape index (κ3) is 4.10. The molecule has 0 radical (unpaired) electrons. The number of piperazine rings is 1. The van der Waals surface area contributed by atoms with Crippen molar-refractivity contribution >= 4 is 15.9 Å². The van der Waals surface area contributed by atoms with Crippen LogP contribution in [0.1, 0.15) is 23.6 Å². The number of nitrogens with zero attached hydrogens (tertiary/aromatic N) is 5. The molecule has 152 valence electrons. The monoisotopic (exact) mass is 405 g/mol. The standard InChI is InChI=1S/C19H27N5O3S/c1-14-9-15(2)18(16(3)10-14)28(26,27)24-7-5-22(6-8-24)19(25)17(4)11-23-13-20-12-21-23/h9-10,12-13,17H,5-8,11H2,1-4H3/t17-/m0/s1. The lowest BCUT2D eigenvalue weighted by molar-refractivity contribution is -0.136. The van der Waals surface area contributed by atoms with Gasteiger partial charge in [-0.1, -0.05) is 24.6 Å². The van der Waals surface area contributed by atoms with Crippen molar-refractivity contribution in [3.05, 3.63) is 41.5 Å². The van der Waals surface area contributed by atoms with Crippen LogP contribution in [0.2, 0.25) is 0 Å². The van der Waals surface area contributed by atoms with Gasteiger partial charge >= 0.3 is 0 Å². The molecule has 0 aliphatic carbocycles. The summed E-state index contributed by atoms with van der Waals surface area (Å²) in [6, 6.07) is 3.79. The van der Waals surface area contributed by atoms with E-state index in [2.05, 4.69) is 10.1 Å². The molecule has 8 nitrogen and oxygen atoms in total. The highest BCUT2D eigenvalue weighted by Crippen LogP contribution is 2.26. The van der Waals surface area contributed by atoms with E-state index >= 15 is 0 Å². The number of aromatic nitrogens is 3. The number of hydrogen-bond donors (Lipinski definition) is 0. The van der Waals surface area contributed by atoms with Crippen molar-refractivity contribution in [3.8, 4) is 0 Å². The van der Waals surface area contributed by atoms with Crippen molar-refractivity contribution in [2.24, 2.45) is 5.92 Å². The Labute approximate surface area is 166 Å². The predicted molar refractivity (Wildman–Crippen MR) is 105 cm³/mol. The molecule has 1 aromatic carbocycles. The van der Waals surface area contributed by atoms with Crippen LogP contribution in [0, 0.1) is 26.7 Å². The average molecular weight is 406 g/mol. The van der Waals surface area contributed by atoms with Crippen molar-refractivity contribution in [2.75, 3.05) is 26.2 Å². The van der Waals surface area contributed by atoms with Crippen LogP contribution in [-0.2, 0) is 21.4 Å². The van der Waals surface area contributed by atoms with Gasteiger partial charge in [0.05, 0.1) is 17.4 Å². The highest BCUT2D eigenvalue weighted by molar-refractivity contribution is 7.89. The van der Waals surface area contributed by atoms with Crippen LogP contribution in [0.25, 0.3) is 0 Å². The Kier molecular flexibility index (Phi) is 5.85. The van der Waals surface area contributed by atoms with Gasteiger partial charge in [0.25, 0.3) is 0 Å². The molecular weight excluding hydrogens is 378 g/mol. The summed E-state index contributed by atoms with van der Waals surface area (Å²) in [7, 11) is -3.58. The maximum atomic E-state index is 13.2. The number of benzene rings is 1. The van der Waals surface area contributed by atoms with Gasteiger partial charge in [-0.15, -0.1) is 0 Å². The van der Waals surface area contributed by atoms with E-state index < -0.39 is 10.0 Å². The number of hydrogen-bond acceptors (Lipinski definition) is 5. The summed E-state index contributed by atoms with van der Waals surface area (Å²) in [5.74, 6) is -0.235. The molecule has 3 rings (SSSR count). The van der Waals surface area contributed by atoms with E-state index in [1.54, 1.807) is 15.9 Å². The van der Waals surface area contributed by atoms with E-state index in [-0.39, 0.29) is 11.8 Å². The van der Waals surface area contributed by atoms with Crippen molar-refractivity contribution in [1.82, 2.24) is 24.0 Å². The Hall–Kier alpha value is -2.26. The van der Waals surface area contributed by atoms with Crippen LogP contribution < -0.4 is 0 Å². The summed E-state index contributed by atoms with van der Waals surface area (Å²) in [5.41, 5.74) is 2.57. The van der Waals surface area contributed by atoms with Crippen LogP contribution in [0.4, 0.5) is 0 Å². The quantitative estimate of drug-likeness (QED) is 0.750. The summed E-state index contributed by atoms with van der Waals surface area (Å²) < 4.78 is 29.5. The molecule has 0 bridgehead atoms. The fourth-order valence-corrected chi connectivity index (χ4v) is 5.68. The molecule has 1 aliphatic rings. The van der Waals surface area contributed by atoms with E-state index in [0.717, 1.165) is 16.7 Å². The first-order valence-corrected chi connectivity index (χ1v) is 10.8. The van der Waals surface area contributed by atoms with Crippen molar-refractivity contribution in [2.45, 2.75) is 39.1 Å². The maximum absolute atomic E-state index is 13.2. The minimum absolute atomic E-state index is 0.00949. The third-order valence-corrected chi connectivity index (χ3v) is 7.31. The first-order valence-electron chi connectivity index (χ1n) is 9.39. The second-order valence-corrected chi connectivity index (χ2v) is 9.35. The summed E-state index contributed by atoms with van der Waals surface area (Å²) in [6.07, 6.45) is 3.02. The Morgan fingerprint density at radius 2 is 1.71 bits per heavy atom. The van der Waals surface area contributed by atoms with Gasteiger partial charge in [-0.25, -0.2) is 13.4 Å². The minimum atomic E-state index is -3.58. The first-order chi connectivity index (χ1) is 13.2. The zero-order chi connectivity index (χ0) is 20.5. The van der Waals surface area contributed by atoms with Crippen molar-refractivity contribution in [1.29, 1.82) is 0 Å². The van der Waals surface area contributed by atoms with E-state index in [9.17, 15) is 13.2 Å². The zero-order valence-electron chi connectivity index (χ0n) is 16.8. The Morgan fingerprint density at radius 3 is 2.25 bits per heavy atom. The minimum Gasteiger partial charge on any atom is -0.340 e. The number of carbonyl (C=O) groups is 1. The lowest BCUT2D eigenvalue weighted by Crippen LogP contribution is -2.52. The van der Waals surface area contributed by atoms with Gasteiger partial charge in [-0.05, 0) is 31.9 Å². The molecule has 0 N–H and O–H groups in total. The molecule has 0 unspecified atom stereocenters. The summed E-state index contributed by atoms with van der Waals surface area (Å²) in [6.45, 7) is 9.32. The lowest BCUT2D eigenvalue weighted by Gasteiger charge is -2.35. The zero-order valence-corrected chi connectivity index (χ0v) is 17.6. The van der Waals surface area contributed by atoms with E-state index in [4.69, 9.17) is 0 Å². The molecule has 0 spiro atoms. The second kappa shape index (κ2) is 8.00. The number of aryl methyl sites for hydroxylation is 3. The Balaban J connectivity index is 1.67. The molecule has 1 atom stereocenters. The van der Waals surface area contributed by atoms with Gasteiger partial charge in [0.2, 0.25) is 15.9 Å². The fourth-order valence-electron chi connectivity index (χ4n) is 3.85. The first kappa shape index (κ1) is 20.5. The highest BCUT2D eigenvalue weighted by Gasteiger charge is 2.33. The normalized spacial score (nSPS) is 16.9. The van der Waals surface area contributed by atoms with E-state index in [1.807, 2.05) is 39.8 Å². The number of sulfonamides is 1. The van der Waals surface area contributed by atoms with Gasteiger partial charge in [0.1, 0.15) is 12.7 Å². The summed E-state index contributed by atoms with van der Waals surface area (Å²) in [5, 5.41) is 4.03. The molecule has 0 saturated carbocycles. The fraction of sp³-hybridized carbons (Fsp3) is 0.526.